The molecule has 0 spiro atoms. The molecule has 8 heteroatoms. The lowest BCUT2D eigenvalue weighted by atomic mass is 9.88. The van der Waals surface area contributed by atoms with Gasteiger partial charge in [0.05, 0.1) is 11.1 Å². The highest BCUT2D eigenvalue weighted by Crippen LogP contribution is 2.40. The third-order valence-electron chi connectivity index (χ3n) is 5.05. The van der Waals surface area contributed by atoms with Crippen LogP contribution in [0.4, 0.5) is 5.82 Å². The van der Waals surface area contributed by atoms with Gasteiger partial charge in [-0.25, -0.2) is 4.79 Å². The summed E-state index contributed by atoms with van der Waals surface area (Å²) in [5.41, 5.74) is 2.84. The Morgan fingerprint density at radius 2 is 2.04 bits per heavy atom. The van der Waals surface area contributed by atoms with Crippen LogP contribution in [0.1, 0.15) is 43.6 Å². The van der Waals surface area contributed by atoms with Gasteiger partial charge >= 0.3 is 5.97 Å². The molecule has 0 aliphatic carbocycles. The van der Waals surface area contributed by atoms with Gasteiger partial charge in [-0.3, -0.25) is 0 Å². The number of halogens is 1. The fraction of sp³-hybridized carbons (Fsp3) is 0.368. The number of ether oxygens (including phenoxy) is 1. The molecule has 1 aliphatic heterocycles. The van der Waals surface area contributed by atoms with E-state index < -0.39 is 0 Å². The summed E-state index contributed by atoms with van der Waals surface area (Å²) in [7, 11) is 0. The molecule has 1 unspecified atom stereocenters. The molecule has 0 amide bonds. The SMILES string of the molecule is CC(Nc1c(-c2cccc3c2COC3=O)c(Cl)nc2ncnn12)C(C)(C)C. The second kappa shape index (κ2) is 6.20. The molecule has 1 aromatic carbocycles. The van der Waals surface area contributed by atoms with Crippen LogP contribution in [-0.2, 0) is 11.3 Å². The minimum Gasteiger partial charge on any atom is -0.457 e. The average molecular weight is 386 g/mol. The molecule has 0 saturated heterocycles. The van der Waals surface area contributed by atoms with Crippen molar-refractivity contribution in [2.75, 3.05) is 5.32 Å². The Morgan fingerprint density at radius 3 is 2.78 bits per heavy atom. The third kappa shape index (κ3) is 2.92. The lowest BCUT2D eigenvalue weighted by Gasteiger charge is -2.30. The van der Waals surface area contributed by atoms with Crippen LogP contribution in [0.25, 0.3) is 16.9 Å². The van der Waals surface area contributed by atoms with Gasteiger partial charge in [-0.2, -0.15) is 19.6 Å². The van der Waals surface area contributed by atoms with Gasteiger partial charge in [-0.1, -0.05) is 44.5 Å². The quantitative estimate of drug-likeness (QED) is 0.542. The normalized spacial score (nSPS) is 14.9. The van der Waals surface area contributed by atoms with Crippen molar-refractivity contribution in [2.24, 2.45) is 5.41 Å². The molecule has 27 heavy (non-hydrogen) atoms. The van der Waals surface area contributed by atoms with Crippen molar-refractivity contribution in [3.63, 3.8) is 0 Å². The second-order valence-electron chi connectivity index (χ2n) is 7.74. The maximum atomic E-state index is 12.0. The van der Waals surface area contributed by atoms with Gasteiger partial charge < -0.3 is 10.1 Å². The fourth-order valence-electron chi connectivity index (χ4n) is 2.99. The molecule has 1 aliphatic rings. The highest BCUT2D eigenvalue weighted by molar-refractivity contribution is 6.33. The lowest BCUT2D eigenvalue weighted by Crippen LogP contribution is -2.32. The Morgan fingerprint density at radius 1 is 1.30 bits per heavy atom. The van der Waals surface area contributed by atoms with E-state index in [-0.39, 0.29) is 24.0 Å². The zero-order valence-electron chi connectivity index (χ0n) is 15.6. The minimum absolute atomic E-state index is 0.00235. The molecule has 3 heterocycles. The molecule has 0 bridgehead atoms. The van der Waals surface area contributed by atoms with Crippen LogP contribution in [0.2, 0.25) is 5.15 Å². The van der Waals surface area contributed by atoms with E-state index in [2.05, 4.69) is 48.1 Å². The van der Waals surface area contributed by atoms with E-state index in [1.807, 2.05) is 12.1 Å². The average Bonchev–Trinajstić information content (AvgIpc) is 3.21. The summed E-state index contributed by atoms with van der Waals surface area (Å²) >= 11 is 6.58. The van der Waals surface area contributed by atoms with Gasteiger partial charge in [0.2, 0.25) is 0 Å². The molecule has 2 aromatic heterocycles. The standard InChI is InChI=1S/C19H20ClN5O2/c1-10(19(2,3)4)23-16-14(15(20)24-18-21-9-22-25(16)18)11-6-5-7-12-13(11)8-27-17(12)26/h5-7,9-10,23H,8H2,1-4H3. The molecule has 1 atom stereocenters. The van der Waals surface area contributed by atoms with Crippen molar-refractivity contribution < 1.29 is 9.53 Å². The number of esters is 1. The summed E-state index contributed by atoms with van der Waals surface area (Å²) in [5, 5.41) is 8.14. The van der Waals surface area contributed by atoms with Gasteiger partial charge in [0.15, 0.2) is 0 Å². The topological polar surface area (TPSA) is 81.4 Å². The zero-order valence-corrected chi connectivity index (χ0v) is 16.3. The monoisotopic (exact) mass is 385 g/mol. The van der Waals surface area contributed by atoms with Crippen molar-refractivity contribution in [3.8, 4) is 11.1 Å². The molecule has 1 N–H and O–H groups in total. The molecular formula is C19H20ClN5O2. The predicted octanol–water partition coefficient (Wildman–Crippen LogP) is 3.96. The first-order valence-electron chi connectivity index (χ1n) is 8.72. The van der Waals surface area contributed by atoms with E-state index in [1.165, 1.54) is 6.33 Å². The number of nitrogens with zero attached hydrogens (tertiary/aromatic N) is 4. The molecule has 0 saturated carbocycles. The Kier molecular flexibility index (Phi) is 4.07. The smallest absolute Gasteiger partial charge is 0.338 e. The van der Waals surface area contributed by atoms with Gasteiger partial charge in [-0.05, 0) is 24.0 Å². The molecule has 4 rings (SSSR count). The first-order valence-corrected chi connectivity index (χ1v) is 9.10. The summed E-state index contributed by atoms with van der Waals surface area (Å²) in [6.45, 7) is 8.77. The summed E-state index contributed by atoms with van der Waals surface area (Å²) in [5.74, 6) is 0.778. The fourth-order valence-corrected chi connectivity index (χ4v) is 3.26. The summed E-state index contributed by atoms with van der Waals surface area (Å²) in [6, 6.07) is 5.60. The van der Waals surface area contributed by atoms with Crippen LogP contribution in [0.5, 0.6) is 0 Å². The van der Waals surface area contributed by atoms with Crippen molar-refractivity contribution in [1.82, 2.24) is 19.6 Å². The largest absolute Gasteiger partial charge is 0.457 e. The molecule has 140 valence electrons. The maximum Gasteiger partial charge on any atom is 0.338 e. The number of fused-ring (bicyclic) bond motifs is 2. The van der Waals surface area contributed by atoms with Crippen LogP contribution in [-0.4, -0.2) is 31.6 Å². The van der Waals surface area contributed by atoms with E-state index in [1.54, 1.807) is 10.6 Å². The Balaban J connectivity index is 1.98. The van der Waals surface area contributed by atoms with Crippen LogP contribution < -0.4 is 5.32 Å². The van der Waals surface area contributed by atoms with E-state index in [4.69, 9.17) is 16.3 Å². The predicted molar refractivity (Wildman–Crippen MR) is 103 cm³/mol. The number of benzene rings is 1. The number of hydrogen-bond donors (Lipinski definition) is 1. The van der Waals surface area contributed by atoms with Crippen LogP contribution in [0, 0.1) is 5.41 Å². The highest BCUT2D eigenvalue weighted by Gasteiger charge is 2.29. The lowest BCUT2D eigenvalue weighted by molar-refractivity contribution is 0.0535. The van der Waals surface area contributed by atoms with Gasteiger partial charge in [-0.15, -0.1) is 0 Å². The van der Waals surface area contributed by atoms with Gasteiger partial charge in [0.1, 0.15) is 23.9 Å². The number of carbonyl (C=O) groups excluding carboxylic acids is 1. The van der Waals surface area contributed by atoms with Crippen molar-refractivity contribution in [3.05, 3.63) is 40.8 Å². The highest BCUT2D eigenvalue weighted by atomic mass is 35.5. The van der Waals surface area contributed by atoms with Crippen molar-refractivity contribution in [1.29, 1.82) is 0 Å². The van der Waals surface area contributed by atoms with Crippen LogP contribution >= 0.6 is 11.6 Å². The number of carbonyl (C=O) groups is 1. The summed E-state index contributed by atoms with van der Waals surface area (Å²) in [4.78, 5) is 20.5. The Hall–Kier alpha value is -2.67. The van der Waals surface area contributed by atoms with Crippen LogP contribution in [0.3, 0.4) is 0 Å². The number of aromatic nitrogens is 4. The van der Waals surface area contributed by atoms with Crippen LogP contribution in [0.15, 0.2) is 24.5 Å². The Labute approximate surface area is 161 Å². The van der Waals surface area contributed by atoms with E-state index in [0.717, 1.165) is 11.1 Å². The molecule has 3 aromatic rings. The van der Waals surface area contributed by atoms with E-state index in [9.17, 15) is 4.79 Å². The number of nitrogens with one attached hydrogen (secondary N) is 1. The number of rotatable bonds is 3. The van der Waals surface area contributed by atoms with Crippen molar-refractivity contribution in [2.45, 2.75) is 40.3 Å². The molecule has 7 nitrogen and oxygen atoms in total. The number of cyclic esters (lactones) is 1. The summed E-state index contributed by atoms with van der Waals surface area (Å²) in [6.07, 6.45) is 1.44. The third-order valence-corrected chi connectivity index (χ3v) is 5.32. The first-order chi connectivity index (χ1) is 12.8. The van der Waals surface area contributed by atoms with E-state index >= 15 is 0 Å². The zero-order chi connectivity index (χ0) is 19.3. The Bertz CT molecular complexity index is 1050. The van der Waals surface area contributed by atoms with Crippen molar-refractivity contribution >= 4 is 29.2 Å². The van der Waals surface area contributed by atoms with E-state index in [0.29, 0.717) is 27.9 Å². The first kappa shape index (κ1) is 17.7. The second-order valence-corrected chi connectivity index (χ2v) is 8.10. The maximum absolute atomic E-state index is 12.0. The molecule has 0 radical (unpaired) electrons. The number of hydrogen-bond acceptors (Lipinski definition) is 6. The summed E-state index contributed by atoms with van der Waals surface area (Å²) < 4.78 is 6.85. The van der Waals surface area contributed by atoms with Gasteiger partial charge in [0.25, 0.3) is 5.78 Å². The minimum atomic E-state index is -0.324. The van der Waals surface area contributed by atoms with Gasteiger partial charge in [0, 0.05) is 11.6 Å². The molecule has 0 fully saturated rings. The number of anilines is 1. The molecular weight excluding hydrogens is 366 g/mol.